The van der Waals surface area contributed by atoms with Crippen LogP contribution >= 0.6 is 191 Å². The van der Waals surface area contributed by atoms with E-state index in [9.17, 15) is 13.6 Å². The predicted octanol–water partition coefficient (Wildman–Crippen LogP) is 23.8. The molecular formula is C77H73BBr12F2N6O9. The molecule has 15 rings (SSSR count). The number of carbonyl (C=O) groups excluding carboxylic acids is 1. The summed E-state index contributed by atoms with van der Waals surface area (Å²) in [7, 11) is -0.363. The van der Waals surface area contributed by atoms with E-state index < -0.39 is 23.1 Å². The number of pyridine rings is 3. The van der Waals surface area contributed by atoms with Gasteiger partial charge in [0.2, 0.25) is 0 Å². The number of nitrogen functional groups attached to an aromatic ring is 2. The van der Waals surface area contributed by atoms with E-state index in [4.69, 9.17) is 49.6 Å². The van der Waals surface area contributed by atoms with Crippen LogP contribution in [0.25, 0.3) is 22.3 Å². The number of anilines is 3. The molecular weight excluding hydrogens is 2160 g/mol. The first kappa shape index (κ1) is 89.7. The van der Waals surface area contributed by atoms with Crippen LogP contribution in [0.3, 0.4) is 0 Å². The molecule has 0 atom stereocenters. The largest absolute Gasteiger partial charge is 0.507 e. The molecule has 0 bridgehead atoms. The van der Waals surface area contributed by atoms with E-state index in [1.54, 1.807) is 55.0 Å². The second-order valence-corrected chi connectivity index (χ2v) is 34.3. The first-order valence-corrected chi connectivity index (χ1v) is 42.9. The van der Waals surface area contributed by atoms with Gasteiger partial charge in [0.05, 0.1) is 53.2 Å². The Hall–Kier alpha value is -4.54. The molecule has 0 spiro atoms. The van der Waals surface area contributed by atoms with Crippen LogP contribution < -0.4 is 45.9 Å². The lowest BCUT2D eigenvalue weighted by Crippen LogP contribution is -2.41. The van der Waals surface area contributed by atoms with E-state index >= 15 is 0 Å². The van der Waals surface area contributed by atoms with E-state index in [2.05, 4.69) is 236 Å². The van der Waals surface area contributed by atoms with Crippen LogP contribution in [0.5, 0.6) is 34.5 Å². The number of aromatic hydroxyl groups is 1. The van der Waals surface area contributed by atoms with E-state index in [0.717, 1.165) is 171 Å². The number of aromatic nitrogens is 3. The van der Waals surface area contributed by atoms with Gasteiger partial charge in [-0.25, -0.2) is 23.7 Å². The van der Waals surface area contributed by atoms with Gasteiger partial charge in [-0.2, -0.15) is 0 Å². The molecule has 10 aromatic rings. The fourth-order valence-corrected chi connectivity index (χ4v) is 13.7. The zero-order valence-corrected chi connectivity index (χ0v) is 76.2. The fourth-order valence-electron chi connectivity index (χ4n) is 9.99. The molecule has 1 saturated heterocycles. The Morgan fingerprint density at radius 3 is 1.43 bits per heavy atom. The molecule has 0 radical (unpaired) electrons. The quantitative estimate of drug-likeness (QED) is 0.0784. The average molecular weight is 2230 g/mol. The lowest BCUT2D eigenvalue weighted by atomic mass is 9.80. The van der Waals surface area contributed by atoms with Crippen molar-refractivity contribution in [3.8, 4) is 56.8 Å². The van der Waals surface area contributed by atoms with Crippen molar-refractivity contribution in [1.29, 1.82) is 0 Å². The number of benzene rings is 7. The van der Waals surface area contributed by atoms with Gasteiger partial charge < -0.3 is 54.9 Å². The molecule has 15 nitrogen and oxygen atoms in total. The standard InChI is InChI=1S/C20H13BrF2N2O2.C13H11BrN2O.C11H17BN2O2.C8H7Br3O.C8H6Br2O.C8H7BrO.C6H4Br2O.C2H4Br2.CH4/c21-14-8-11-6-7-27-17(11)9-13(14)12-4-5-18(24-10-12)25-20(26)19-15(22)2-1-3-16(19)23;14-11-5-8-3-4-17-12(8)6-10(11)9-1-2-13(15)16-7-9;1-10(2)11(3,4)16-12(15-10)8-5-6-9(13)14-7-8;9-3-4-12-8-5-6(10)1-2-7(8)11;9-6-3-5-1-2-11-8(5)4-7(6)10;9-7-2-1-6-3-4-10-8(6)5-7;7-4-1-2-5(8)6(9)3-4;3-1-2-4;/h1-5,8-10H,6-7H2,(H,24,25,26);1-2,5-7H,3-4H2,(H2,15,16);5-7H,1-4H3,(H2,13,14);1-2,5H,3-4H2;3-4H,1-2H2;1-2,5H,3-4H2;1-3,9H;1-2H2;1H4. The van der Waals surface area contributed by atoms with Gasteiger partial charge in [0.25, 0.3) is 5.91 Å². The van der Waals surface area contributed by atoms with Gasteiger partial charge in [0.1, 0.15) is 69.1 Å². The number of fused-ring (bicyclic) bond motifs is 4. The molecule has 0 aliphatic carbocycles. The number of rotatable bonds is 9. The zero-order chi connectivity index (χ0) is 76.8. The normalized spacial score (nSPS) is 13.6. The Morgan fingerprint density at radius 2 is 0.953 bits per heavy atom. The number of alkyl halides is 3. The summed E-state index contributed by atoms with van der Waals surface area (Å²) < 4.78 is 75.3. The second-order valence-electron chi connectivity index (χ2n) is 24.0. The zero-order valence-electron chi connectivity index (χ0n) is 57.2. The van der Waals surface area contributed by atoms with Crippen molar-refractivity contribution in [1.82, 2.24) is 15.0 Å². The Labute approximate surface area is 724 Å². The van der Waals surface area contributed by atoms with Crippen LogP contribution in [0, 0.1) is 11.6 Å². The number of nitrogens with one attached hydrogen (secondary N) is 1. The minimum Gasteiger partial charge on any atom is -0.507 e. The van der Waals surface area contributed by atoms with Crippen molar-refractivity contribution in [2.75, 3.05) is 65.8 Å². The average Bonchev–Trinajstić information content (AvgIpc) is 1.64. The highest BCUT2D eigenvalue weighted by molar-refractivity contribution is 9.13. The summed E-state index contributed by atoms with van der Waals surface area (Å²) in [4.78, 5) is 24.5. The Balaban J connectivity index is 0.000000178. The summed E-state index contributed by atoms with van der Waals surface area (Å²) in [6.45, 7) is 11.9. The Kier molecular flexibility index (Phi) is 36.4. The van der Waals surface area contributed by atoms with Crippen molar-refractivity contribution in [2.45, 2.75) is 72.0 Å². The molecule has 566 valence electrons. The second kappa shape index (κ2) is 43.5. The molecule has 1 fully saturated rings. The van der Waals surface area contributed by atoms with E-state index in [1.807, 2.05) is 94.4 Å². The number of ether oxygens (including phenoxy) is 5. The fraction of sp³-hybridized carbons (Fsp3) is 0.247. The summed E-state index contributed by atoms with van der Waals surface area (Å²) in [5.41, 5.74) is 19.6. The number of nitrogens with zero attached hydrogens (tertiary/aromatic N) is 3. The van der Waals surface area contributed by atoms with E-state index in [1.165, 1.54) is 22.8 Å². The highest BCUT2D eigenvalue weighted by atomic mass is 79.9. The number of hydrogen-bond acceptors (Lipinski definition) is 14. The highest BCUT2D eigenvalue weighted by Gasteiger charge is 2.51. The Morgan fingerprint density at radius 1 is 0.505 bits per heavy atom. The molecule has 6 N–H and O–H groups in total. The van der Waals surface area contributed by atoms with Crippen LogP contribution in [-0.4, -0.2) is 93.3 Å². The number of amides is 1. The van der Waals surface area contributed by atoms with Gasteiger partial charge in [-0.05, 0) is 241 Å². The number of hydrogen-bond donors (Lipinski definition) is 4. The maximum atomic E-state index is 13.7. The topological polar surface area (TPSA) is 205 Å². The van der Waals surface area contributed by atoms with Crippen LogP contribution in [0.4, 0.5) is 26.2 Å². The number of phenolic OH excluding ortho intramolecular Hbond substituents is 1. The molecule has 3 aromatic heterocycles. The molecule has 1 amide bonds. The summed E-state index contributed by atoms with van der Waals surface area (Å²) >= 11 is 40.2. The molecule has 30 heteroatoms. The third-order valence-electron chi connectivity index (χ3n) is 16.1. The van der Waals surface area contributed by atoms with Crippen molar-refractivity contribution in [2.24, 2.45) is 0 Å². The lowest BCUT2D eigenvalue weighted by molar-refractivity contribution is 0.00578. The summed E-state index contributed by atoms with van der Waals surface area (Å²) in [6.07, 6.45) is 8.99. The molecule has 5 aliphatic rings. The monoisotopic (exact) mass is 2220 g/mol. The third kappa shape index (κ3) is 26.5. The number of halogens is 14. The molecule has 0 saturated carbocycles. The van der Waals surface area contributed by atoms with Crippen molar-refractivity contribution < 1.29 is 51.7 Å². The molecule has 107 heavy (non-hydrogen) atoms. The summed E-state index contributed by atoms with van der Waals surface area (Å²) in [5, 5.41) is 14.4. The first-order valence-electron chi connectivity index (χ1n) is 32.4. The van der Waals surface area contributed by atoms with E-state index in [-0.39, 0.29) is 37.3 Å². The third-order valence-corrected chi connectivity index (χ3v) is 24.2. The van der Waals surface area contributed by atoms with Crippen LogP contribution in [0.15, 0.2) is 204 Å². The van der Waals surface area contributed by atoms with Gasteiger partial charge in [0.15, 0.2) is 0 Å². The number of nitrogens with two attached hydrogens (primary N) is 2. The minimum absolute atomic E-state index is 0. The van der Waals surface area contributed by atoms with Crippen LogP contribution in [0.2, 0.25) is 0 Å². The van der Waals surface area contributed by atoms with Gasteiger partial charge in [0, 0.05) is 119 Å². The SMILES string of the molecule is BrCCBr.BrCCOc1cc(Br)ccc1Br.Brc1cc2c(cc1Br)OCC2.Brc1ccc2c(c1)OCC2.C.CC1(C)OB(c2ccc(N)nc2)OC1(C)C.Nc1ccc(-c2cc3c(cc2Br)CCO3)cn1.O=C(Nc1ccc(-c2cc3c(cc2Br)CCO3)cn1)c1c(F)cccc1F.Oc1cc(Br)ccc1Br. The van der Waals surface area contributed by atoms with Crippen molar-refractivity contribution >= 4 is 227 Å². The van der Waals surface area contributed by atoms with Crippen molar-refractivity contribution in [3.05, 3.63) is 244 Å². The highest BCUT2D eigenvalue weighted by Crippen LogP contribution is 2.41. The maximum Gasteiger partial charge on any atom is 0.496 e. The predicted molar refractivity (Wildman–Crippen MR) is 470 cm³/mol. The first-order chi connectivity index (χ1) is 50.6. The molecule has 0 unspecified atom stereocenters. The number of phenols is 1. The molecule has 7 aromatic carbocycles. The van der Waals surface area contributed by atoms with Crippen LogP contribution in [0.1, 0.15) is 67.7 Å². The van der Waals surface area contributed by atoms with Gasteiger partial charge in [-0.1, -0.05) is 153 Å². The number of carbonyl (C=O) groups is 1. The van der Waals surface area contributed by atoms with Crippen molar-refractivity contribution in [3.63, 3.8) is 0 Å². The summed E-state index contributed by atoms with van der Waals surface area (Å²) in [6, 6.07) is 43.5. The van der Waals surface area contributed by atoms with E-state index in [0.29, 0.717) is 29.3 Å². The van der Waals surface area contributed by atoms with Gasteiger partial charge in [-0.3, -0.25) is 4.79 Å². The molecule has 8 heterocycles. The molecule has 5 aliphatic heterocycles. The summed E-state index contributed by atoms with van der Waals surface area (Å²) in [5.74, 6) is 3.47. The maximum absolute atomic E-state index is 13.7. The van der Waals surface area contributed by atoms with Crippen LogP contribution in [-0.2, 0) is 35.0 Å². The smallest absolute Gasteiger partial charge is 0.496 e. The van der Waals surface area contributed by atoms with Gasteiger partial charge in [-0.15, -0.1) is 0 Å². The lowest BCUT2D eigenvalue weighted by Gasteiger charge is -2.32. The van der Waals surface area contributed by atoms with Gasteiger partial charge >= 0.3 is 7.12 Å². The minimum atomic E-state index is -0.925. The Bertz CT molecular complexity index is 4560.